The van der Waals surface area contributed by atoms with Crippen LogP contribution in [-0.2, 0) is 11.3 Å². The molecule has 0 aliphatic rings. The van der Waals surface area contributed by atoms with Crippen LogP contribution in [0, 0.1) is 0 Å². The predicted octanol–water partition coefficient (Wildman–Crippen LogP) is 2.34. The Kier molecular flexibility index (Phi) is 7.23. The SMILES string of the molecule is CCOCCCNC(N)=NCc1cc(Br)cs1. The Morgan fingerprint density at radius 3 is 3.12 bits per heavy atom. The maximum absolute atomic E-state index is 5.73. The van der Waals surface area contributed by atoms with E-state index in [1.165, 1.54) is 4.88 Å². The molecule has 0 radical (unpaired) electrons. The first-order valence-electron chi connectivity index (χ1n) is 5.56. The van der Waals surface area contributed by atoms with Crippen LogP contribution < -0.4 is 11.1 Å². The van der Waals surface area contributed by atoms with E-state index in [-0.39, 0.29) is 0 Å². The lowest BCUT2D eigenvalue weighted by Gasteiger charge is -2.05. The fraction of sp³-hybridized carbons (Fsp3) is 0.545. The van der Waals surface area contributed by atoms with E-state index in [0.29, 0.717) is 12.5 Å². The maximum atomic E-state index is 5.73. The molecule has 0 bridgehead atoms. The van der Waals surface area contributed by atoms with Crippen molar-refractivity contribution >= 4 is 33.2 Å². The van der Waals surface area contributed by atoms with Crippen LogP contribution in [0.15, 0.2) is 20.9 Å². The monoisotopic (exact) mass is 319 g/mol. The number of guanidine groups is 1. The highest BCUT2D eigenvalue weighted by Gasteiger charge is 1.97. The molecule has 0 aliphatic carbocycles. The van der Waals surface area contributed by atoms with Gasteiger partial charge in [-0.2, -0.15) is 0 Å². The lowest BCUT2D eigenvalue weighted by molar-refractivity contribution is 0.145. The molecule has 0 fully saturated rings. The molecule has 4 nitrogen and oxygen atoms in total. The van der Waals surface area contributed by atoms with Gasteiger partial charge < -0.3 is 15.8 Å². The Labute approximate surface area is 114 Å². The van der Waals surface area contributed by atoms with Gasteiger partial charge in [0.2, 0.25) is 0 Å². The fourth-order valence-electron chi connectivity index (χ4n) is 1.19. The molecule has 0 saturated carbocycles. The number of hydrogen-bond acceptors (Lipinski definition) is 3. The van der Waals surface area contributed by atoms with Crippen LogP contribution in [0.1, 0.15) is 18.2 Å². The third-order valence-electron chi connectivity index (χ3n) is 2.00. The van der Waals surface area contributed by atoms with Gasteiger partial charge in [0.05, 0.1) is 6.54 Å². The minimum absolute atomic E-state index is 0.492. The van der Waals surface area contributed by atoms with Crippen LogP contribution in [0.3, 0.4) is 0 Å². The standard InChI is InChI=1S/C11H18BrN3OS/c1-2-16-5-3-4-14-11(13)15-7-10-6-9(12)8-17-10/h6,8H,2-5,7H2,1H3,(H3,13,14,15). The average Bonchev–Trinajstić information content (AvgIpc) is 2.72. The second-order valence-electron chi connectivity index (χ2n) is 3.41. The Morgan fingerprint density at radius 1 is 1.65 bits per heavy atom. The summed E-state index contributed by atoms with van der Waals surface area (Å²) < 4.78 is 6.32. The smallest absolute Gasteiger partial charge is 0.188 e. The highest BCUT2D eigenvalue weighted by Crippen LogP contribution is 2.20. The molecule has 1 heterocycles. The second-order valence-corrected chi connectivity index (χ2v) is 5.32. The van der Waals surface area contributed by atoms with Crippen molar-refractivity contribution in [3.8, 4) is 0 Å². The molecule has 1 aromatic heterocycles. The highest BCUT2D eigenvalue weighted by molar-refractivity contribution is 9.10. The summed E-state index contributed by atoms with van der Waals surface area (Å²) in [5.41, 5.74) is 5.73. The lowest BCUT2D eigenvalue weighted by atomic mass is 10.4. The summed E-state index contributed by atoms with van der Waals surface area (Å²) in [6, 6.07) is 2.05. The van der Waals surface area contributed by atoms with Crippen LogP contribution in [-0.4, -0.2) is 25.7 Å². The lowest BCUT2D eigenvalue weighted by Crippen LogP contribution is -2.32. The maximum Gasteiger partial charge on any atom is 0.188 e. The van der Waals surface area contributed by atoms with Crippen molar-refractivity contribution in [3.05, 3.63) is 20.8 Å². The van der Waals surface area contributed by atoms with E-state index < -0.39 is 0 Å². The number of rotatable bonds is 7. The van der Waals surface area contributed by atoms with Crippen LogP contribution in [0.4, 0.5) is 0 Å². The van der Waals surface area contributed by atoms with E-state index in [0.717, 1.165) is 30.7 Å². The van der Waals surface area contributed by atoms with Crippen molar-refractivity contribution in [1.29, 1.82) is 0 Å². The minimum Gasteiger partial charge on any atom is -0.382 e. The number of aliphatic imine (C=N–C) groups is 1. The zero-order valence-corrected chi connectivity index (χ0v) is 12.3. The molecule has 0 spiro atoms. The zero-order chi connectivity index (χ0) is 12.5. The third-order valence-corrected chi connectivity index (χ3v) is 3.69. The highest BCUT2D eigenvalue weighted by atomic mass is 79.9. The topological polar surface area (TPSA) is 59.6 Å². The molecule has 3 N–H and O–H groups in total. The summed E-state index contributed by atoms with van der Waals surface area (Å²) in [4.78, 5) is 5.45. The van der Waals surface area contributed by atoms with Gasteiger partial charge in [0.15, 0.2) is 5.96 Å². The number of ether oxygens (including phenoxy) is 1. The molecule has 0 aromatic carbocycles. The summed E-state index contributed by atoms with van der Waals surface area (Å²) >= 11 is 5.08. The molecule has 96 valence electrons. The molecule has 0 unspecified atom stereocenters. The summed E-state index contributed by atoms with van der Waals surface area (Å²) in [5.74, 6) is 0.492. The van der Waals surface area contributed by atoms with E-state index >= 15 is 0 Å². The van der Waals surface area contributed by atoms with Gasteiger partial charge >= 0.3 is 0 Å². The number of nitrogens with two attached hydrogens (primary N) is 1. The summed E-state index contributed by atoms with van der Waals surface area (Å²) in [6.45, 7) is 4.93. The Bertz CT molecular complexity index is 354. The Hall–Kier alpha value is -0.590. The first-order chi connectivity index (χ1) is 8.22. The van der Waals surface area contributed by atoms with Crippen molar-refractivity contribution < 1.29 is 4.74 Å². The van der Waals surface area contributed by atoms with Gasteiger partial charge in [-0.3, -0.25) is 0 Å². The minimum atomic E-state index is 0.492. The fourth-order valence-corrected chi connectivity index (χ4v) is 2.57. The van der Waals surface area contributed by atoms with E-state index in [9.17, 15) is 0 Å². The van der Waals surface area contributed by atoms with Gasteiger partial charge in [0.1, 0.15) is 0 Å². The normalized spacial score (nSPS) is 11.8. The van der Waals surface area contributed by atoms with Gasteiger partial charge in [-0.15, -0.1) is 11.3 Å². The number of halogens is 1. The van der Waals surface area contributed by atoms with E-state index in [2.05, 4.69) is 32.3 Å². The van der Waals surface area contributed by atoms with Crippen LogP contribution in [0.25, 0.3) is 0 Å². The van der Waals surface area contributed by atoms with Crippen molar-refractivity contribution in [3.63, 3.8) is 0 Å². The first-order valence-corrected chi connectivity index (χ1v) is 7.24. The second kappa shape index (κ2) is 8.49. The van der Waals surface area contributed by atoms with E-state index in [1.54, 1.807) is 11.3 Å². The molecule has 0 amide bonds. The van der Waals surface area contributed by atoms with Crippen molar-refractivity contribution in [2.45, 2.75) is 19.9 Å². The summed E-state index contributed by atoms with van der Waals surface area (Å²) in [7, 11) is 0. The molecule has 1 rings (SSSR count). The van der Waals surface area contributed by atoms with E-state index in [1.807, 2.05) is 12.3 Å². The number of hydrogen-bond donors (Lipinski definition) is 2. The van der Waals surface area contributed by atoms with E-state index in [4.69, 9.17) is 10.5 Å². The largest absolute Gasteiger partial charge is 0.382 e. The summed E-state index contributed by atoms with van der Waals surface area (Å²) in [5, 5.41) is 5.10. The van der Waals surface area contributed by atoms with Gasteiger partial charge in [0.25, 0.3) is 0 Å². The quantitative estimate of drug-likeness (QED) is 0.460. The number of thiophene rings is 1. The molecular formula is C11H18BrN3OS. The molecule has 0 aliphatic heterocycles. The summed E-state index contributed by atoms with van der Waals surface area (Å²) in [6.07, 6.45) is 0.939. The third kappa shape index (κ3) is 6.65. The Morgan fingerprint density at radius 2 is 2.47 bits per heavy atom. The van der Waals surface area contributed by atoms with Gasteiger partial charge in [0, 0.05) is 34.5 Å². The molecule has 6 heteroatoms. The molecular weight excluding hydrogens is 302 g/mol. The Balaban J connectivity index is 2.16. The van der Waals surface area contributed by atoms with Gasteiger partial charge in [-0.25, -0.2) is 4.99 Å². The first kappa shape index (κ1) is 14.5. The van der Waals surface area contributed by atoms with Crippen molar-refractivity contribution in [2.75, 3.05) is 19.8 Å². The molecule has 0 saturated heterocycles. The molecule has 1 aromatic rings. The molecule has 17 heavy (non-hydrogen) atoms. The average molecular weight is 320 g/mol. The van der Waals surface area contributed by atoms with Crippen LogP contribution >= 0.6 is 27.3 Å². The number of nitrogens with one attached hydrogen (secondary N) is 1. The van der Waals surface area contributed by atoms with Crippen LogP contribution in [0.5, 0.6) is 0 Å². The van der Waals surface area contributed by atoms with Gasteiger partial charge in [-0.05, 0) is 35.3 Å². The van der Waals surface area contributed by atoms with Crippen molar-refractivity contribution in [2.24, 2.45) is 10.7 Å². The van der Waals surface area contributed by atoms with Crippen LogP contribution in [0.2, 0.25) is 0 Å². The molecule has 0 atom stereocenters. The number of nitrogens with zero attached hydrogens (tertiary/aromatic N) is 1. The predicted molar refractivity (Wildman–Crippen MR) is 76.5 cm³/mol. The zero-order valence-electron chi connectivity index (χ0n) is 9.91. The van der Waals surface area contributed by atoms with Crippen molar-refractivity contribution in [1.82, 2.24) is 5.32 Å². The van der Waals surface area contributed by atoms with Gasteiger partial charge in [-0.1, -0.05) is 0 Å².